The lowest BCUT2D eigenvalue weighted by Crippen LogP contribution is -2.69. The number of rotatable bonds is 5. The standard InChI is InChI=1S/C25H28N8O2/c1-4-5-12-28-25(3)11-8-13-32(33-23(34)21-22(27-15-26-21)31-24(33)35)20(25)14-19-16(2)29-17-9-6-7-10-18(17)30-19/h6-7,9-10,15,20,28H,8,11-14H2,1-3H3,(H,26,27)(H,31,35). The second kappa shape index (κ2) is 9.00. The summed E-state index contributed by atoms with van der Waals surface area (Å²) in [6, 6.07) is 7.51. The number of nitrogens with zero attached hydrogens (tertiary/aromatic N) is 5. The van der Waals surface area contributed by atoms with Crippen LogP contribution in [0.25, 0.3) is 22.2 Å². The SMILES string of the molecule is CC#CCNC1(C)CCCN(n2c(=O)[nH]c3nc[nH]c3c2=O)C1Cc1nc2ccccc2nc1C. The molecule has 1 saturated heterocycles. The van der Waals surface area contributed by atoms with Gasteiger partial charge in [-0.3, -0.25) is 15.1 Å². The average Bonchev–Trinajstić information content (AvgIpc) is 3.30. The Hall–Kier alpha value is -3.97. The Balaban J connectivity index is 1.63. The quantitative estimate of drug-likeness (QED) is 0.375. The second-order valence-electron chi connectivity index (χ2n) is 9.10. The minimum Gasteiger partial charge on any atom is -0.339 e. The summed E-state index contributed by atoms with van der Waals surface area (Å²) < 4.78 is 1.21. The van der Waals surface area contributed by atoms with Crippen molar-refractivity contribution in [3.8, 4) is 11.8 Å². The number of hydrogen-bond acceptors (Lipinski definition) is 7. The third-order valence-electron chi connectivity index (χ3n) is 6.89. The molecule has 0 saturated carbocycles. The molecule has 0 amide bonds. The van der Waals surface area contributed by atoms with E-state index >= 15 is 0 Å². The zero-order chi connectivity index (χ0) is 24.6. The zero-order valence-electron chi connectivity index (χ0n) is 20.1. The molecule has 4 aromatic rings. The summed E-state index contributed by atoms with van der Waals surface area (Å²) in [5, 5.41) is 5.45. The van der Waals surface area contributed by atoms with Gasteiger partial charge in [0.15, 0.2) is 11.2 Å². The molecule has 2 unspecified atom stereocenters. The Morgan fingerprint density at radius 3 is 2.77 bits per heavy atom. The van der Waals surface area contributed by atoms with Gasteiger partial charge in [-0.05, 0) is 45.7 Å². The summed E-state index contributed by atoms with van der Waals surface area (Å²) in [6.07, 6.45) is 3.57. The maximum atomic E-state index is 13.4. The number of hydrogen-bond donors (Lipinski definition) is 3. The first-order valence-corrected chi connectivity index (χ1v) is 11.7. The largest absolute Gasteiger partial charge is 0.349 e. The number of piperidine rings is 1. The van der Waals surface area contributed by atoms with Gasteiger partial charge < -0.3 is 9.99 Å². The summed E-state index contributed by atoms with van der Waals surface area (Å²) in [7, 11) is 0. The maximum Gasteiger partial charge on any atom is 0.349 e. The van der Waals surface area contributed by atoms with E-state index in [0.29, 0.717) is 19.5 Å². The van der Waals surface area contributed by atoms with E-state index in [1.54, 1.807) is 6.92 Å². The molecule has 1 aliphatic heterocycles. The predicted octanol–water partition coefficient (Wildman–Crippen LogP) is 1.38. The van der Waals surface area contributed by atoms with Gasteiger partial charge in [0.25, 0.3) is 0 Å². The van der Waals surface area contributed by atoms with Crippen LogP contribution < -0.4 is 21.6 Å². The molecule has 10 nitrogen and oxygen atoms in total. The van der Waals surface area contributed by atoms with E-state index in [0.717, 1.165) is 35.3 Å². The molecular formula is C25H28N8O2. The first-order valence-electron chi connectivity index (χ1n) is 11.7. The number of aryl methyl sites for hydroxylation is 1. The smallest absolute Gasteiger partial charge is 0.339 e. The van der Waals surface area contributed by atoms with Crippen LogP contribution in [0.15, 0.2) is 40.2 Å². The van der Waals surface area contributed by atoms with E-state index in [1.165, 1.54) is 11.0 Å². The van der Waals surface area contributed by atoms with Crippen molar-refractivity contribution in [3.05, 3.63) is 62.8 Å². The number of benzene rings is 1. The molecule has 3 N–H and O–H groups in total. The monoisotopic (exact) mass is 472 g/mol. The Morgan fingerprint density at radius 2 is 2.00 bits per heavy atom. The molecule has 2 atom stereocenters. The molecule has 5 rings (SSSR count). The van der Waals surface area contributed by atoms with Crippen LogP contribution >= 0.6 is 0 Å². The summed E-state index contributed by atoms with van der Waals surface area (Å²) in [6.45, 7) is 6.93. The van der Waals surface area contributed by atoms with Crippen LogP contribution in [0.5, 0.6) is 0 Å². The van der Waals surface area contributed by atoms with Crippen molar-refractivity contribution in [3.63, 3.8) is 0 Å². The molecule has 1 fully saturated rings. The normalized spacial score (nSPS) is 20.2. The first kappa shape index (κ1) is 22.8. The maximum absolute atomic E-state index is 13.4. The van der Waals surface area contributed by atoms with Gasteiger partial charge in [-0.1, -0.05) is 18.1 Å². The topological polar surface area (TPSA) is 125 Å². The molecular weight excluding hydrogens is 444 g/mol. The zero-order valence-corrected chi connectivity index (χ0v) is 20.1. The molecule has 0 spiro atoms. The minimum absolute atomic E-state index is 0.250. The Labute approximate surface area is 201 Å². The van der Waals surface area contributed by atoms with Gasteiger partial charge in [0.2, 0.25) is 0 Å². The first-order chi connectivity index (χ1) is 16.9. The molecule has 4 heterocycles. The second-order valence-corrected chi connectivity index (χ2v) is 9.10. The number of aromatic amines is 2. The van der Waals surface area contributed by atoms with Crippen molar-refractivity contribution < 1.29 is 0 Å². The number of para-hydroxylation sites is 2. The number of fused-ring (bicyclic) bond motifs is 2. The highest BCUT2D eigenvalue weighted by Gasteiger charge is 2.42. The lowest BCUT2D eigenvalue weighted by atomic mass is 9.80. The van der Waals surface area contributed by atoms with Crippen molar-refractivity contribution in [2.75, 3.05) is 18.1 Å². The highest BCUT2D eigenvalue weighted by atomic mass is 16.2. The number of H-pyrrole nitrogens is 2. The fraction of sp³-hybridized carbons (Fsp3) is 0.400. The Morgan fingerprint density at radius 1 is 1.23 bits per heavy atom. The van der Waals surface area contributed by atoms with Gasteiger partial charge in [-0.25, -0.2) is 19.7 Å². The van der Waals surface area contributed by atoms with E-state index in [4.69, 9.17) is 9.97 Å². The summed E-state index contributed by atoms with van der Waals surface area (Å²) in [5.74, 6) is 6.01. The molecule has 180 valence electrons. The third kappa shape index (κ3) is 4.08. The molecule has 0 radical (unpaired) electrons. The van der Waals surface area contributed by atoms with E-state index in [1.807, 2.05) is 36.2 Å². The molecule has 10 heteroatoms. The van der Waals surface area contributed by atoms with Crippen LogP contribution in [-0.2, 0) is 6.42 Å². The Bertz CT molecular complexity index is 1570. The number of aromatic nitrogens is 6. The van der Waals surface area contributed by atoms with Gasteiger partial charge in [0, 0.05) is 18.5 Å². The van der Waals surface area contributed by atoms with Gasteiger partial charge >= 0.3 is 11.2 Å². The lowest BCUT2D eigenvalue weighted by Gasteiger charge is -2.49. The van der Waals surface area contributed by atoms with E-state index in [2.05, 4.69) is 39.0 Å². The lowest BCUT2D eigenvalue weighted by molar-refractivity contribution is 0.198. The van der Waals surface area contributed by atoms with Gasteiger partial charge in [0.1, 0.15) is 0 Å². The fourth-order valence-electron chi connectivity index (χ4n) is 5.01. The van der Waals surface area contributed by atoms with Crippen LogP contribution in [0.1, 0.15) is 38.1 Å². The van der Waals surface area contributed by atoms with E-state index in [9.17, 15) is 9.59 Å². The van der Waals surface area contributed by atoms with Crippen LogP contribution in [0.2, 0.25) is 0 Å². The summed E-state index contributed by atoms with van der Waals surface area (Å²) in [4.78, 5) is 45.8. The number of imidazole rings is 1. The highest BCUT2D eigenvalue weighted by Crippen LogP contribution is 2.29. The predicted molar refractivity (Wildman–Crippen MR) is 135 cm³/mol. The Kier molecular flexibility index (Phi) is 5.86. The van der Waals surface area contributed by atoms with E-state index in [-0.39, 0.29) is 17.2 Å². The van der Waals surface area contributed by atoms with Gasteiger partial charge in [0.05, 0.1) is 41.3 Å². The van der Waals surface area contributed by atoms with Crippen molar-refractivity contribution in [1.29, 1.82) is 0 Å². The van der Waals surface area contributed by atoms with Crippen molar-refractivity contribution in [2.24, 2.45) is 0 Å². The van der Waals surface area contributed by atoms with Crippen LogP contribution in [-0.4, -0.2) is 54.3 Å². The molecule has 1 aliphatic rings. The summed E-state index contributed by atoms with van der Waals surface area (Å²) >= 11 is 0. The van der Waals surface area contributed by atoms with Crippen LogP contribution in [0.4, 0.5) is 0 Å². The van der Waals surface area contributed by atoms with Crippen molar-refractivity contribution in [2.45, 2.75) is 51.6 Å². The molecule has 35 heavy (non-hydrogen) atoms. The molecule has 0 aliphatic carbocycles. The van der Waals surface area contributed by atoms with Gasteiger partial charge in [-0.15, -0.1) is 5.92 Å². The molecule has 3 aromatic heterocycles. The molecule has 1 aromatic carbocycles. The summed E-state index contributed by atoms with van der Waals surface area (Å²) in [5.41, 5.74) is 2.46. The third-order valence-corrected chi connectivity index (χ3v) is 6.89. The number of nitrogens with one attached hydrogen (secondary N) is 3. The highest BCUT2D eigenvalue weighted by molar-refractivity contribution is 5.74. The van der Waals surface area contributed by atoms with E-state index < -0.39 is 16.8 Å². The van der Waals surface area contributed by atoms with Crippen LogP contribution in [0.3, 0.4) is 0 Å². The van der Waals surface area contributed by atoms with Crippen molar-refractivity contribution >= 4 is 22.2 Å². The molecule has 0 bridgehead atoms. The average molecular weight is 473 g/mol. The van der Waals surface area contributed by atoms with Crippen LogP contribution in [0, 0.1) is 18.8 Å². The van der Waals surface area contributed by atoms with Crippen molar-refractivity contribution in [1.82, 2.24) is 34.9 Å². The fourth-order valence-corrected chi connectivity index (χ4v) is 5.01. The van der Waals surface area contributed by atoms with Gasteiger partial charge in [-0.2, -0.15) is 4.68 Å². The minimum atomic E-state index is -0.515.